The first-order chi connectivity index (χ1) is 6.98. The van der Waals surface area contributed by atoms with E-state index < -0.39 is 0 Å². The second-order valence-corrected chi connectivity index (χ2v) is 5.76. The van der Waals surface area contributed by atoms with Crippen LogP contribution in [0.15, 0.2) is 23.1 Å². The number of benzene rings is 1. The first-order valence-corrected chi connectivity index (χ1v) is 5.89. The van der Waals surface area contributed by atoms with Gasteiger partial charge in [-0.1, -0.05) is 11.6 Å². The van der Waals surface area contributed by atoms with E-state index in [1.54, 1.807) is 18.9 Å². The molecule has 0 saturated heterocycles. The zero-order valence-corrected chi connectivity index (χ0v) is 11.0. The first-order valence-electron chi connectivity index (χ1n) is 4.70. The summed E-state index contributed by atoms with van der Waals surface area (Å²) < 4.78 is 5.10. The molecule has 0 atom stereocenters. The zero-order valence-electron chi connectivity index (χ0n) is 9.43. The molecule has 0 heterocycles. The Morgan fingerprint density at radius 3 is 2.53 bits per heavy atom. The summed E-state index contributed by atoms with van der Waals surface area (Å²) in [6.45, 7) is 4.24. The van der Waals surface area contributed by atoms with Crippen LogP contribution >= 0.6 is 23.4 Å². The minimum Gasteiger partial charge on any atom is -0.495 e. The lowest BCUT2D eigenvalue weighted by atomic mass is 10.3. The van der Waals surface area contributed by atoms with Crippen molar-refractivity contribution in [2.75, 3.05) is 14.2 Å². The molecule has 1 N–H and O–H groups in total. The van der Waals surface area contributed by atoms with Crippen LogP contribution in [-0.4, -0.2) is 19.0 Å². The van der Waals surface area contributed by atoms with Crippen LogP contribution in [0.2, 0.25) is 5.02 Å². The van der Waals surface area contributed by atoms with Crippen molar-refractivity contribution >= 4 is 23.4 Å². The zero-order chi connectivity index (χ0) is 11.5. The molecule has 0 amide bonds. The summed E-state index contributed by atoms with van der Waals surface area (Å²) in [5.41, 5.74) is 0. The second-order valence-electron chi connectivity index (χ2n) is 3.66. The Balaban J connectivity index is 2.84. The van der Waals surface area contributed by atoms with Crippen LogP contribution in [0.1, 0.15) is 13.8 Å². The Kier molecular flexibility index (Phi) is 4.32. The molecule has 84 valence electrons. The fourth-order valence-corrected chi connectivity index (χ4v) is 2.38. The summed E-state index contributed by atoms with van der Waals surface area (Å²) in [6.07, 6.45) is 0. The number of thioether (sulfide) groups is 1. The summed E-state index contributed by atoms with van der Waals surface area (Å²) >= 11 is 7.77. The minimum atomic E-state index is -0.00207. The second kappa shape index (κ2) is 5.10. The van der Waals surface area contributed by atoms with E-state index in [1.807, 2.05) is 25.2 Å². The van der Waals surface area contributed by atoms with Gasteiger partial charge in [-0.15, -0.1) is 11.8 Å². The number of halogens is 1. The van der Waals surface area contributed by atoms with Gasteiger partial charge in [0.05, 0.1) is 17.0 Å². The van der Waals surface area contributed by atoms with E-state index in [1.165, 1.54) is 0 Å². The molecule has 0 aliphatic carbocycles. The number of methoxy groups -OCH3 is 1. The minimum absolute atomic E-state index is 0.00207. The van der Waals surface area contributed by atoms with Gasteiger partial charge in [0.15, 0.2) is 0 Å². The quantitative estimate of drug-likeness (QED) is 0.649. The predicted octanol–water partition coefficient (Wildman–Crippen LogP) is 3.40. The van der Waals surface area contributed by atoms with Crippen LogP contribution in [0.3, 0.4) is 0 Å². The summed E-state index contributed by atoms with van der Waals surface area (Å²) in [5.74, 6) is 0.711. The molecular formula is C11H16ClNOS. The molecule has 1 rings (SSSR count). The van der Waals surface area contributed by atoms with Crippen LogP contribution < -0.4 is 10.1 Å². The number of hydrogen-bond acceptors (Lipinski definition) is 3. The van der Waals surface area contributed by atoms with Crippen LogP contribution in [0.4, 0.5) is 0 Å². The van der Waals surface area contributed by atoms with Gasteiger partial charge in [-0.25, -0.2) is 0 Å². The van der Waals surface area contributed by atoms with Gasteiger partial charge in [0.2, 0.25) is 0 Å². The third-order valence-corrected chi connectivity index (χ3v) is 3.60. The molecule has 0 spiro atoms. The van der Waals surface area contributed by atoms with Gasteiger partial charge in [0.1, 0.15) is 5.75 Å². The lowest BCUT2D eigenvalue weighted by Gasteiger charge is -2.23. The number of ether oxygens (including phenoxy) is 1. The van der Waals surface area contributed by atoms with Gasteiger partial charge >= 0.3 is 0 Å². The summed E-state index contributed by atoms with van der Waals surface area (Å²) in [5, 5.41) is 3.87. The Bertz CT molecular complexity index is 341. The van der Waals surface area contributed by atoms with Crippen LogP contribution in [0.25, 0.3) is 0 Å². The summed E-state index contributed by atoms with van der Waals surface area (Å²) in [4.78, 5) is 1.12. The highest BCUT2D eigenvalue weighted by Gasteiger charge is 2.16. The van der Waals surface area contributed by atoms with Crippen molar-refractivity contribution in [1.82, 2.24) is 5.32 Å². The molecule has 15 heavy (non-hydrogen) atoms. The highest BCUT2D eigenvalue weighted by Crippen LogP contribution is 2.34. The highest BCUT2D eigenvalue weighted by atomic mass is 35.5. The molecule has 0 fully saturated rings. The highest BCUT2D eigenvalue weighted by molar-refractivity contribution is 8.00. The summed E-state index contributed by atoms with van der Waals surface area (Å²) in [6, 6.07) is 5.81. The lowest BCUT2D eigenvalue weighted by molar-refractivity contribution is 0.414. The van der Waals surface area contributed by atoms with E-state index >= 15 is 0 Å². The van der Waals surface area contributed by atoms with E-state index in [2.05, 4.69) is 19.2 Å². The molecule has 2 nitrogen and oxygen atoms in total. The number of nitrogens with one attached hydrogen (secondary N) is 1. The maximum atomic E-state index is 6.04. The molecule has 0 aromatic heterocycles. The molecule has 1 aromatic rings. The molecule has 4 heteroatoms. The van der Waals surface area contributed by atoms with Crippen molar-refractivity contribution in [2.24, 2.45) is 0 Å². The van der Waals surface area contributed by atoms with Gasteiger partial charge < -0.3 is 10.1 Å². The van der Waals surface area contributed by atoms with Gasteiger partial charge in [0, 0.05) is 4.90 Å². The molecule has 0 unspecified atom stereocenters. The SMILES string of the molecule is CNC(C)(C)Sc1ccc(OC)c(Cl)c1. The molecule has 0 aliphatic rings. The van der Waals surface area contributed by atoms with Crippen molar-refractivity contribution in [3.05, 3.63) is 23.2 Å². The van der Waals surface area contributed by atoms with Crippen LogP contribution in [-0.2, 0) is 0 Å². The normalized spacial score (nSPS) is 11.5. The van der Waals surface area contributed by atoms with E-state index in [0.29, 0.717) is 10.8 Å². The largest absolute Gasteiger partial charge is 0.495 e. The Hall–Kier alpha value is -0.380. The Morgan fingerprint density at radius 1 is 1.40 bits per heavy atom. The van der Waals surface area contributed by atoms with Crippen molar-refractivity contribution in [2.45, 2.75) is 23.6 Å². The molecule has 0 bridgehead atoms. The van der Waals surface area contributed by atoms with E-state index in [-0.39, 0.29) is 4.87 Å². The topological polar surface area (TPSA) is 21.3 Å². The predicted molar refractivity (Wildman–Crippen MR) is 67.0 cm³/mol. The van der Waals surface area contributed by atoms with Gasteiger partial charge in [-0.2, -0.15) is 0 Å². The average Bonchev–Trinajstić information content (AvgIpc) is 2.17. The Labute approximate surface area is 100 Å². The maximum Gasteiger partial charge on any atom is 0.137 e. The van der Waals surface area contributed by atoms with E-state index in [4.69, 9.17) is 16.3 Å². The maximum absolute atomic E-state index is 6.04. The van der Waals surface area contributed by atoms with E-state index in [0.717, 1.165) is 4.90 Å². The monoisotopic (exact) mass is 245 g/mol. The van der Waals surface area contributed by atoms with Crippen LogP contribution in [0.5, 0.6) is 5.75 Å². The molecule has 1 aromatic carbocycles. The van der Waals surface area contributed by atoms with Gasteiger partial charge in [0.25, 0.3) is 0 Å². The Morgan fingerprint density at radius 2 is 2.07 bits per heavy atom. The van der Waals surface area contributed by atoms with Gasteiger partial charge in [-0.05, 0) is 39.1 Å². The van der Waals surface area contributed by atoms with Gasteiger partial charge in [-0.3, -0.25) is 0 Å². The molecular weight excluding hydrogens is 230 g/mol. The number of rotatable bonds is 4. The van der Waals surface area contributed by atoms with E-state index in [9.17, 15) is 0 Å². The first kappa shape index (κ1) is 12.7. The third kappa shape index (κ3) is 3.59. The van der Waals surface area contributed by atoms with Crippen molar-refractivity contribution < 1.29 is 4.74 Å². The molecule has 0 radical (unpaired) electrons. The van der Waals surface area contributed by atoms with Crippen molar-refractivity contribution in [1.29, 1.82) is 0 Å². The standard InChI is InChI=1S/C11H16ClNOS/c1-11(2,13-3)15-8-5-6-10(14-4)9(12)7-8/h5-7,13H,1-4H3. The fraction of sp³-hybridized carbons (Fsp3) is 0.455. The van der Waals surface area contributed by atoms with Crippen molar-refractivity contribution in [3.8, 4) is 5.75 Å². The average molecular weight is 246 g/mol. The van der Waals surface area contributed by atoms with Crippen molar-refractivity contribution in [3.63, 3.8) is 0 Å². The van der Waals surface area contributed by atoms with Crippen LogP contribution in [0, 0.1) is 0 Å². The summed E-state index contributed by atoms with van der Waals surface area (Å²) in [7, 11) is 3.56. The lowest BCUT2D eigenvalue weighted by Crippen LogP contribution is -2.31. The fourth-order valence-electron chi connectivity index (χ4n) is 1.06. The molecule has 0 aliphatic heterocycles. The molecule has 0 saturated carbocycles. The number of hydrogen-bond donors (Lipinski definition) is 1. The smallest absolute Gasteiger partial charge is 0.137 e. The third-order valence-electron chi connectivity index (χ3n) is 2.10.